The number of rotatable bonds is 2. The molecule has 3 nitrogen and oxygen atoms in total. The number of nitrogens with two attached hydrogens (primary N) is 1. The van der Waals surface area contributed by atoms with Gasteiger partial charge in [-0.15, -0.1) is 0 Å². The first-order chi connectivity index (χ1) is 10.2. The number of hydrogen-bond acceptors (Lipinski definition) is 2. The smallest absolute Gasteiger partial charge is 0.252 e. The van der Waals surface area contributed by atoms with Gasteiger partial charge in [0.05, 0.1) is 0 Å². The molecular weight excluding hydrogens is 267 g/mol. The van der Waals surface area contributed by atoms with Gasteiger partial charge in [0.25, 0.3) is 5.91 Å². The second-order valence-corrected chi connectivity index (χ2v) is 5.67. The Hall–Kier alpha value is -1.94. The quantitative estimate of drug-likeness (QED) is 0.891. The molecule has 1 aliphatic rings. The Balaban J connectivity index is 1.89. The molecule has 4 heteroatoms. The van der Waals surface area contributed by atoms with Crippen molar-refractivity contribution in [2.24, 2.45) is 5.73 Å². The highest BCUT2D eigenvalue weighted by molar-refractivity contribution is 6.07. The summed E-state index contributed by atoms with van der Waals surface area (Å²) < 4.78 is 13.8. The predicted octanol–water partition coefficient (Wildman–Crippen LogP) is 2.98. The summed E-state index contributed by atoms with van der Waals surface area (Å²) in [5.74, 6) is -0.481. The van der Waals surface area contributed by atoms with Crippen LogP contribution in [0.5, 0.6) is 0 Å². The van der Waals surface area contributed by atoms with Gasteiger partial charge in [-0.2, -0.15) is 0 Å². The minimum atomic E-state index is -0.309. The van der Waals surface area contributed by atoms with Gasteiger partial charge in [0.2, 0.25) is 0 Å². The van der Waals surface area contributed by atoms with Gasteiger partial charge < -0.3 is 11.1 Å². The lowest BCUT2D eigenvalue weighted by atomic mass is 9.90. The minimum Gasteiger partial charge on any atom is -0.348 e. The van der Waals surface area contributed by atoms with Crippen molar-refractivity contribution in [2.45, 2.75) is 37.8 Å². The molecule has 0 aliphatic heterocycles. The highest BCUT2D eigenvalue weighted by Crippen LogP contribution is 2.23. The van der Waals surface area contributed by atoms with Crippen molar-refractivity contribution >= 4 is 16.7 Å². The van der Waals surface area contributed by atoms with E-state index in [4.69, 9.17) is 5.73 Å². The SMILES string of the molecule is NC1CCCCC1NC(=O)c1ccc(F)c2ccccc12. The summed E-state index contributed by atoms with van der Waals surface area (Å²) in [7, 11) is 0. The van der Waals surface area contributed by atoms with Gasteiger partial charge in [0, 0.05) is 23.0 Å². The first-order valence-electron chi connectivity index (χ1n) is 7.40. The predicted molar refractivity (Wildman–Crippen MR) is 81.6 cm³/mol. The Morgan fingerprint density at radius 3 is 2.57 bits per heavy atom. The third kappa shape index (κ3) is 2.76. The summed E-state index contributed by atoms with van der Waals surface area (Å²) in [4.78, 5) is 12.5. The Bertz CT molecular complexity index is 671. The number of benzene rings is 2. The van der Waals surface area contributed by atoms with Crippen molar-refractivity contribution in [1.82, 2.24) is 5.32 Å². The van der Waals surface area contributed by atoms with Crippen molar-refractivity contribution < 1.29 is 9.18 Å². The number of halogens is 1. The molecule has 21 heavy (non-hydrogen) atoms. The molecule has 3 rings (SSSR count). The summed E-state index contributed by atoms with van der Waals surface area (Å²) in [5.41, 5.74) is 6.57. The molecule has 1 saturated carbocycles. The first kappa shape index (κ1) is 14.0. The van der Waals surface area contributed by atoms with Crippen LogP contribution in [0.1, 0.15) is 36.0 Å². The van der Waals surface area contributed by atoms with Crippen LogP contribution in [0.15, 0.2) is 36.4 Å². The molecule has 3 N–H and O–H groups in total. The van der Waals surface area contributed by atoms with Crippen molar-refractivity contribution in [3.05, 3.63) is 47.8 Å². The van der Waals surface area contributed by atoms with Crippen LogP contribution >= 0.6 is 0 Å². The Kier molecular flexibility index (Phi) is 3.88. The average Bonchev–Trinajstić information content (AvgIpc) is 2.50. The topological polar surface area (TPSA) is 55.1 Å². The fourth-order valence-corrected chi connectivity index (χ4v) is 3.05. The zero-order valence-electron chi connectivity index (χ0n) is 11.8. The maximum atomic E-state index is 13.8. The van der Waals surface area contributed by atoms with Crippen LogP contribution in [0.2, 0.25) is 0 Å². The minimum absolute atomic E-state index is 0.00872. The Labute approximate surface area is 123 Å². The third-order valence-electron chi connectivity index (χ3n) is 4.25. The van der Waals surface area contributed by atoms with E-state index in [0.717, 1.165) is 25.7 Å². The summed E-state index contributed by atoms with van der Waals surface area (Å²) >= 11 is 0. The van der Waals surface area contributed by atoms with Gasteiger partial charge >= 0.3 is 0 Å². The van der Waals surface area contributed by atoms with E-state index < -0.39 is 0 Å². The summed E-state index contributed by atoms with van der Waals surface area (Å²) in [6.07, 6.45) is 4.05. The number of carbonyl (C=O) groups excluding carboxylic acids is 1. The molecule has 0 heterocycles. The van der Waals surface area contributed by atoms with Crippen molar-refractivity contribution in [3.63, 3.8) is 0 Å². The number of nitrogens with one attached hydrogen (secondary N) is 1. The molecule has 0 spiro atoms. The van der Waals surface area contributed by atoms with E-state index in [9.17, 15) is 9.18 Å². The molecule has 110 valence electrons. The summed E-state index contributed by atoms with van der Waals surface area (Å²) in [6, 6.07) is 9.94. The van der Waals surface area contributed by atoms with Crippen LogP contribution in [0.4, 0.5) is 4.39 Å². The largest absolute Gasteiger partial charge is 0.348 e. The van der Waals surface area contributed by atoms with E-state index in [2.05, 4.69) is 5.32 Å². The normalized spacial score (nSPS) is 22.2. The van der Waals surface area contributed by atoms with Crippen LogP contribution in [-0.2, 0) is 0 Å². The van der Waals surface area contributed by atoms with Crippen LogP contribution in [0.3, 0.4) is 0 Å². The van der Waals surface area contributed by atoms with Crippen molar-refractivity contribution in [1.29, 1.82) is 0 Å². The van der Waals surface area contributed by atoms with Crippen LogP contribution in [0, 0.1) is 5.82 Å². The van der Waals surface area contributed by atoms with Crippen molar-refractivity contribution in [3.8, 4) is 0 Å². The van der Waals surface area contributed by atoms with Gasteiger partial charge in [0.15, 0.2) is 0 Å². The molecular formula is C17H19FN2O. The van der Waals surface area contributed by atoms with E-state index >= 15 is 0 Å². The fraction of sp³-hybridized carbons (Fsp3) is 0.353. The Morgan fingerprint density at radius 2 is 1.81 bits per heavy atom. The summed E-state index contributed by atoms with van der Waals surface area (Å²) in [5, 5.41) is 4.12. The van der Waals surface area contributed by atoms with E-state index in [0.29, 0.717) is 16.3 Å². The molecule has 0 radical (unpaired) electrons. The van der Waals surface area contributed by atoms with Gasteiger partial charge in [0.1, 0.15) is 5.82 Å². The molecule has 1 amide bonds. The second-order valence-electron chi connectivity index (χ2n) is 5.67. The van der Waals surface area contributed by atoms with Gasteiger partial charge in [-0.1, -0.05) is 37.1 Å². The number of amides is 1. The Morgan fingerprint density at radius 1 is 1.10 bits per heavy atom. The molecule has 2 aromatic rings. The third-order valence-corrected chi connectivity index (χ3v) is 4.25. The van der Waals surface area contributed by atoms with E-state index in [1.165, 1.54) is 6.07 Å². The van der Waals surface area contributed by atoms with E-state index in [1.807, 2.05) is 6.07 Å². The highest BCUT2D eigenvalue weighted by Gasteiger charge is 2.24. The maximum Gasteiger partial charge on any atom is 0.252 e. The van der Waals surface area contributed by atoms with Crippen LogP contribution < -0.4 is 11.1 Å². The molecule has 2 unspecified atom stereocenters. The number of hydrogen-bond donors (Lipinski definition) is 2. The zero-order chi connectivity index (χ0) is 14.8. The monoisotopic (exact) mass is 286 g/mol. The zero-order valence-corrected chi connectivity index (χ0v) is 11.8. The lowest BCUT2D eigenvalue weighted by molar-refractivity contribution is 0.0923. The number of carbonyl (C=O) groups is 1. The first-order valence-corrected chi connectivity index (χ1v) is 7.40. The van der Waals surface area contributed by atoms with E-state index in [-0.39, 0.29) is 23.8 Å². The molecule has 0 aromatic heterocycles. The van der Waals surface area contributed by atoms with Gasteiger partial charge in [-0.05, 0) is 30.4 Å². The highest BCUT2D eigenvalue weighted by atomic mass is 19.1. The molecule has 1 fully saturated rings. The molecule has 2 aromatic carbocycles. The van der Waals surface area contributed by atoms with Gasteiger partial charge in [-0.25, -0.2) is 4.39 Å². The second kappa shape index (κ2) is 5.82. The van der Waals surface area contributed by atoms with Gasteiger partial charge in [-0.3, -0.25) is 4.79 Å². The lowest BCUT2D eigenvalue weighted by Crippen LogP contribution is -2.49. The maximum absolute atomic E-state index is 13.8. The van der Waals surface area contributed by atoms with Crippen molar-refractivity contribution in [2.75, 3.05) is 0 Å². The molecule has 0 bridgehead atoms. The molecule has 0 saturated heterocycles. The molecule has 1 aliphatic carbocycles. The van der Waals surface area contributed by atoms with E-state index in [1.54, 1.807) is 24.3 Å². The summed E-state index contributed by atoms with van der Waals surface area (Å²) in [6.45, 7) is 0. The fourth-order valence-electron chi connectivity index (χ4n) is 3.05. The van der Waals surface area contributed by atoms with Crippen LogP contribution in [0.25, 0.3) is 10.8 Å². The number of fused-ring (bicyclic) bond motifs is 1. The lowest BCUT2D eigenvalue weighted by Gasteiger charge is -2.29. The average molecular weight is 286 g/mol. The molecule has 2 atom stereocenters. The van der Waals surface area contributed by atoms with Crippen LogP contribution in [-0.4, -0.2) is 18.0 Å². The standard InChI is InChI=1S/C17H19FN2O/c18-14-10-9-13(11-5-1-2-6-12(11)14)17(21)20-16-8-4-3-7-15(16)19/h1-2,5-6,9-10,15-16H,3-4,7-8,19H2,(H,20,21).